The van der Waals surface area contributed by atoms with Crippen molar-refractivity contribution in [2.75, 3.05) is 39.9 Å². The zero-order valence-electron chi connectivity index (χ0n) is 33.3. The molecular formula is C42H80N2O6. The Labute approximate surface area is 308 Å². The topological polar surface area (TPSA) is 85.4 Å². The highest BCUT2D eigenvalue weighted by Gasteiger charge is 2.32. The predicted molar refractivity (Wildman–Crippen MR) is 206 cm³/mol. The van der Waals surface area contributed by atoms with Crippen LogP contribution in [0.15, 0.2) is 0 Å². The van der Waals surface area contributed by atoms with Gasteiger partial charge >= 0.3 is 18.0 Å². The summed E-state index contributed by atoms with van der Waals surface area (Å²) in [6, 6.07) is 0.122. The molecule has 0 N–H and O–H groups in total. The molecule has 1 fully saturated rings. The van der Waals surface area contributed by atoms with E-state index in [2.05, 4.69) is 25.7 Å². The number of hydrogen-bond acceptors (Lipinski definition) is 7. The van der Waals surface area contributed by atoms with Gasteiger partial charge < -0.3 is 19.1 Å². The van der Waals surface area contributed by atoms with E-state index in [1.54, 1.807) is 11.9 Å². The Morgan fingerprint density at radius 1 is 0.540 bits per heavy atom. The van der Waals surface area contributed by atoms with Crippen molar-refractivity contribution in [3.05, 3.63) is 0 Å². The molecule has 1 unspecified atom stereocenters. The van der Waals surface area contributed by atoms with E-state index < -0.39 is 12.2 Å². The lowest BCUT2D eigenvalue weighted by Gasteiger charge is -2.42. The number of hydrogen-bond donors (Lipinski definition) is 0. The van der Waals surface area contributed by atoms with Gasteiger partial charge in [0.05, 0.1) is 6.04 Å². The number of likely N-dealkylation sites (N-methyl/N-ethyl adjacent to an activating group) is 2. The first-order valence-electron chi connectivity index (χ1n) is 21.4. The number of carbonyl (C=O) groups excluding carboxylic acids is 3. The summed E-state index contributed by atoms with van der Waals surface area (Å²) in [5.41, 5.74) is 0. The molecule has 1 aliphatic heterocycles. The zero-order chi connectivity index (χ0) is 36.5. The average molecular weight is 709 g/mol. The van der Waals surface area contributed by atoms with Crippen LogP contribution in [-0.4, -0.2) is 79.9 Å². The number of unbranched alkanes of at least 4 members (excludes halogenated alkanes) is 24. The summed E-state index contributed by atoms with van der Waals surface area (Å²) in [5, 5.41) is 0. The van der Waals surface area contributed by atoms with Crippen LogP contribution in [0, 0.1) is 0 Å². The Balaban J connectivity index is 2.27. The zero-order valence-corrected chi connectivity index (χ0v) is 33.3. The molecule has 1 rings (SSSR count). The summed E-state index contributed by atoms with van der Waals surface area (Å²) < 4.78 is 16.7. The van der Waals surface area contributed by atoms with Gasteiger partial charge in [0.2, 0.25) is 0 Å². The lowest BCUT2D eigenvalue weighted by Crippen LogP contribution is -2.59. The van der Waals surface area contributed by atoms with E-state index in [-0.39, 0.29) is 31.2 Å². The monoisotopic (exact) mass is 709 g/mol. The fourth-order valence-electron chi connectivity index (χ4n) is 6.65. The van der Waals surface area contributed by atoms with Gasteiger partial charge in [-0.05, 0) is 19.4 Å². The highest BCUT2D eigenvalue weighted by Crippen LogP contribution is 2.16. The van der Waals surface area contributed by atoms with Gasteiger partial charge in [-0.2, -0.15) is 0 Å². The summed E-state index contributed by atoms with van der Waals surface area (Å²) in [6.45, 7) is 9.03. The second-order valence-corrected chi connectivity index (χ2v) is 15.0. The molecule has 0 bridgehead atoms. The third-order valence-corrected chi connectivity index (χ3v) is 10.3. The van der Waals surface area contributed by atoms with Crippen molar-refractivity contribution in [2.45, 2.75) is 213 Å². The van der Waals surface area contributed by atoms with Crippen LogP contribution in [0.2, 0.25) is 0 Å². The number of nitrogens with zero attached hydrogens (tertiary/aromatic N) is 2. The van der Waals surface area contributed by atoms with Crippen LogP contribution in [0.4, 0.5) is 4.79 Å². The SMILES string of the molecule is CCCCCCCCCCCCCCCC(=O)OCC(COC(=O)N(C)C1CN(CC)C1)OC(=O)CCCCCCCCCCCCCCC. The van der Waals surface area contributed by atoms with Crippen molar-refractivity contribution < 1.29 is 28.6 Å². The highest BCUT2D eigenvalue weighted by atomic mass is 16.6. The van der Waals surface area contributed by atoms with E-state index >= 15 is 0 Å². The molecule has 0 spiro atoms. The molecular weight excluding hydrogens is 628 g/mol. The van der Waals surface area contributed by atoms with Gasteiger partial charge in [-0.25, -0.2) is 4.79 Å². The third kappa shape index (κ3) is 26.0. The Kier molecular flexibility index (Phi) is 30.5. The van der Waals surface area contributed by atoms with E-state index in [1.165, 1.54) is 128 Å². The summed E-state index contributed by atoms with van der Waals surface area (Å²) in [4.78, 5) is 41.8. The van der Waals surface area contributed by atoms with Gasteiger partial charge in [-0.15, -0.1) is 0 Å². The second-order valence-electron chi connectivity index (χ2n) is 15.0. The number of amides is 1. The van der Waals surface area contributed by atoms with Gasteiger partial charge in [-0.1, -0.05) is 175 Å². The first-order valence-corrected chi connectivity index (χ1v) is 21.4. The van der Waals surface area contributed by atoms with Gasteiger partial charge in [0.15, 0.2) is 6.10 Å². The smallest absolute Gasteiger partial charge is 0.409 e. The van der Waals surface area contributed by atoms with Crippen LogP contribution in [-0.2, 0) is 23.8 Å². The molecule has 8 heteroatoms. The van der Waals surface area contributed by atoms with Crippen LogP contribution in [0.1, 0.15) is 201 Å². The molecule has 0 aromatic carbocycles. The second kappa shape index (κ2) is 33.0. The van der Waals surface area contributed by atoms with E-state index in [1.807, 2.05) is 0 Å². The Morgan fingerprint density at radius 2 is 0.900 bits per heavy atom. The standard InChI is InChI=1S/C42H80N2O6/c1-5-8-10-12-14-16-18-20-22-24-26-28-30-32-40(45)48-36-39(37-49-42(47)43(4)38-34-44(7-3)35-38)50-41(46)33-31-29-27-25-23-21-19-17-15-13-11-9-6-2/h38-39H,5-37H2,1-4H3. The molecule has 0 aromatic rings. The van der Waals surface area contributed by atoms with E-state index in [4.69, 9.17) is 14.2 Å². The quantitative estimate of drug-likeness (QED) is 0.0368. The minimum atomic E-state index is -0.800. The van der Waals surface area contributed by atoms with E-state index in [0.29, 0.717) is 12.8 Å². The number of rotatable bonds is 35. The molecule has 1 aliphatic rings. The van der Waals surface area contributed by atoms with Crippen molar-refractivity contribution in [2.24, 2.45) is 0 Å². The molecule has 1 amide bonds. The van der Waals surface area contributed by atoms with Gasteiger partial charge in [0.25, 0.3) is 0 Å². The van der Waals surface area contributed by atoms with Crippen molar-refractivity contribution in [3.63, 3.8) is 0 Å². The van der Waals surface area contributed by atoms with Gasteiger partial charge in [-0.3, -0.25) is 14.5 Å². The van der Waals surface area contributed by atoms with E-state index in [9.17, 15) is 14.4 Å². The fourth-order valence-corrected chi connectivity index (χ4v) is 6.65. The van der Waals surface area contributed by atoms with Crippen LogP contribution in [0.3, 0.4) is 0 Å². The van der Waals surface area contributed by atoms with Crippen LogP contribution < -0.4 is 0 Å². The Bertz CT molecular complexity index is 818. The molecule has 0 radical (unpaired) electrons. The third-order valence-electron chi connectivity index (χ3n) is 10.3. The minimum absolute atomic E-state index is 0.0916. The van der Waals surface area contributed by atoms with Crippen molar-refractivity contribution in [3.8, 4) is 0 Å². The first-order chi connectivity index (χ1) is 24.4. The molecule has 294 valence electrons. The summed E-state index contributed by atoms with van der Waals surface area (Å²) in [7, 11) is 1.74. The maximum atomic E-state index is 12.7. The molecule has 1 heterocycles. The Hall–Kier alpha value is -1.83. The predicted octanol–water partition coefficient (Wildman–Crippen LogP) is 11.2. The van der Waals surface area contributed by atoms with Gasteiger partial charge in [0.1, 0.15) is 13.2 Å². The number of carbonyl (C=O) groups is 3. The highest BCUT2D eigenvalue weighted by molar-refractivity contribution is 5.70. The van der Waals surface area contributed by atoms with Crippen molar-refractivity contribution in [1.29, 1.82) is 0 Å². The molecule has 1 atom stereocenters. The maximum Gasteiger partial charge on any atom is 0.409 e. The molecule has 50 heavy (non-hydrogen) atoms. The van der Waals surface area contributed by atoms with E-state index in [0.717, 1.165) is 58.2 Å². The minimum Gasteiger partial charge on any atom is -0.462 e. The number of likely N-dealkylation sites (tertiary alicyclic amines) is 1. The van der Waals surface area contributed by atoms with Crippen molar-refractivity contribution >= 4 is 18.0 Å². The van der Waals surface area contributed by atoms with Crippen LogP contribution in [0.25, 0.3) is 0 Å². The Morgan fingerprint density at radius 3 is 1.30 bits per heavy atom. The number of ether oxygens (including phenoxy) is 3. The first kappa shape index (κ1) is 46.2. The maximum absolute atomic E-state index is 12.7. The van der Waals surface area contributed by atoms with Crippen LogP contribution >= 0.6 is 0 Å². The average Bonchev–Trinajstić information content (AvgIpc) is 3.09. The molecule has 0 saturated carbocycles. The van der Waals surface area contributed by atoms with Crippen molar-refractivity contribution in [1.82, 2.24) is 9.80 Å². The summed E-state index contributed by atoms with van der Waals surface area (Å²) >= 11 is 0. The largest absolute Gasteiger partial charge is 0.462 e. The normalized spacial score (nSPS) is 13.9. The lowest BCUT2D eigenvalue weighted by molar-refractivity contribution is -0.161. The molecule has 0 aromatic heterocycles. The number of esters is 2. The van der Waals surface area contributed by atoms with Gasteiger partial charge in [0, 0.05) is 33.0 Å². The summed E-state index contributed by atoms with van der Waals surface area (Å²) in [5.74, 6) is -0.615. The summed E-state index contributed by atoms with van der Waals surface area (Å²) in [6.07, 6.45) is 31.9. The van der Waals surface area contributed by atoms with Crippen LogP contribution in [0.5, 0.6) is 0 Å². The molecule has 0 aliphatic carbocycles. The lowest BCUT2D eigenvalue weighted by atomic mass is 10.0. The molecule has 8 nitrogen and oxygen atoms in total. The molecule has 1 saturated heterocycles. The fraction of sp³-hybridized carbons (Fsp3) is 0.929.